The van der Waals surface area contributed by atoms with Crippen LogP contribution in [0.5, 0.6) is 0 Å². The van der Waals surface area contributed by atoms with Crippen molar-refractivity contribution < 1.29 is 9.21 Å². The maximum Gasteiger partial charge on any atom is 0.136 e. The molecule has 0 aliphatic heterocycles. The fourth-order valence-corrected chi connectivity index (χ4v) is 1.83. The van der Waals surface area contributed by atoms with Gasteiger partial charge in [0.25, 0.3) is 0 Å². The van der Waals surface area contributed by atoms with Crippen molar-refractivity contribution >= 4 is 5.78 Å². The standard InChI is InChI=1S/C10H9NO2/c1-7-9(2-3-13-7)10(6-11)4-8(12)5-10/h2-3H,4-5H2,1H3. The Morgan fingerprint density at radius 3 is 2.69 bits per heavy atom. The smallest absolute Gasteiger partial charge is 0.136 e. The second-order valence-corrected chi connectivity index (χ2v) is 3.48. The number of ketones is 1. The normalized spacial score (nSPS) is 19.2. The number of rotatable bonds is 1. The third-order valence-electron chi connectivity index (χ3n) is 2.59. The minimum atomic E-state index is -0.589. The van der Waals surface area contributed by atoms with Gasteiger partial charge in [-0.3, -0.25) is 4.79 Å². The molecular formula is C10H9NO2. The zero-order valence-electron chi connectivity index (χ0n) is 7.33. The second-order valence-electron chi connectivity index (χ2n) is 3.48. The van der Waals surface area contributed by atoms with Gasteiger partial charge in [0.15, 0.2) is 0 Å². The van der Waals surface area contributed by atoms with E-state index in [2.05, 4.69) is 6.07 Å². The van der Waals surface area contributed by atoms with Gasteiger partial charge in [-0.25, -0.2) is 0 Å². The molecule has 2 rings (SSSR count). The van der Waals surface area contributed by atoms with Gasteiger partial charge in [0.05, 0.1) is 17.7 Å². The lowest BCUT2D eigenvalue weighted by Crippen LogP contribution is -2.40. The summed E-state index contributed by atoms with van der Waals surface area (Å²) >= 11 is 0. The molecule has 0 saturated heterocycles. The van der Waals surface area contributed by atoms with Crippen LogP contribution < -0.4 is 0 Å². The van der Waals surface area contributed by atoms with Crippen LogP contribution in [0.2, 0.25) is 0 Å². The molecule has 1 fully saturated rings. The number of hydrogen-bond acceptors (Lipinski definition) is 3. The molecular weight excluding hydrogens is 166 g/mol. The van der Waals surface area contributed by atoms with Crippen molar-refractivity contribution in [2.75, 3.05) is 0 Å². The molecule has 0 radical (unpaired) electrons. The van der Waals surface area contributed by atoms with Gasteiger partial charge in [0.2, 0.25) is 0 Å². The van der Waals surface area contributed by atoms with Crippen LogP contribution in [0.25, 0.3) is 0 Å². The van der Waals surface area contributed by atoms with Crippen molar-refractivity contribution in [3.8, 4) is 6.07 Å². The van der Waals surface area contributed by atoms with E-state index < -0.39 is 5.41 Å². The SMILES string of the molecule is Cc1occc1C1(C#N)CC(=O)C1. The van der Waals surface area contributed by atoms with Crippen molar-refractivity contribution in [2.45, 2.75) is 25.2 Å². The minimum Gasteiger partial charge on any atom is -0.469 e. The topological polar surface area (TPSA) is 54.0 Å². The van der Waals surface area contributed by atoms with Crippen LogP contribution in [0, 0.1) is 18.3 Å². The summed E-state index contributed by atoms with van der Waals surface area (Å²) in [6.07, 6.45) is 2.24. The first kappa shape index (κ1) is 8.06. The monoisotopic (exact) mass is 175 g/mol. The van der Waals surface area contributed by atoms with Crippen molar-refractivity contribution in [2.24, 2.45) is 0 Å². The van der Waals surface area contributed by atoms with Gasteiger partial charge in [0.1, 0.15) is 11.5 Å². The Kier molecular flexibility index (Phi) is 1.53. The Hall–Kier alpha value is -1.56. The summed E-state index contributed by atoms with van der Waals surface area (Å²) in [7, 11) is 0. The number of furan rings is 1. The summed E-state index contributed by atoms with van der Waals surface area (Å²) in [5.74, 6) is 0.899. The number of nitrogens with zero attached hydrogens (tertiary/aromatic N) is 1. The number of nitriles is 1. The molecule has 1 aliphatic carbocycles. The van der Waals surface area contributed by atoms with Crippen LogP contribution in [0.3, 0.4) is 0 Å². The highest BCUT2D eigenvalue weighted by Gasteiger charge is 2.47. The molecule has 0 amide bonds. The molecule has 0 spiro atoms. The summed E-state index contributed by atoms with van der Waals surface area (Å²) in [6, 6.07) is 3.99. The molecule has 1 aromatic heterocycles. The molecule has 1 saturated carbocycles. The van der Waals surface area contributed by atoms with Gasteiger partial charge in [-0.15, -0.1) is 0 Å². The summed E-state index contributed by atoms with van der Waals surface area (Å²) in [6.45, 7) is 1.82. The average Bonchev–Trinajstić information content (AvgIpc) is 2.46. The Bertz CT molecular complexity index is 389. The highest BCUT2D eigenvalue weighted by molar-refractivity contribution is 5.90. The molecule has 0 unspecified atom stereocenters. The number of aryl methyl sites for hydroxylation is 1. The van der Waals surface area contributed by atoms with Crippen LogP contribution in [-0.2, 0) is 10.2 Å². The fraction of sp³-hybridized carbons (Fsp3) is 0.400. The van der Waals surface area contributed by atoms with E-state index in [1.165, 1.54) is 0 Å². The molecule has 1 aliphatic rings. The van der Waals surface area contributed by atoms with Crippen LogP contribution in [0.15, 0.2) is 16.7 Å². The van der Waals surface area contributed by atoms with E-state index in [4.69, 9.17) is 9.68 Å². The molecule has 1 aromatic rings. The second kappa shape index (κ2) is 2.46. The first-order valence-electron chi connectivity index (χ1n) is 4.15. The van der Waals surface area contributed by atoms with Crippen molar-refractivity contribution in [3.63, 3.8) is 0 Å². The number of hydrogen-bond donors (Lipinski definition) is 0. The third kappa shape index (κ3) is 0.988. The first-order valence-corrected chi connectivity index (χ1v) is 4.15. The van der Waals surface area contributed by atoms with E-state index in [0.29, 0.717) is 12.8 Å². The van der Waals surface area contributed by atoms with E-state index in [9.17, 15) is 4.79 Å². The lowest BCUT2D eigenvalue weighted by Gasteiger charge is -2.33. The Labute approximate surface area is 76.0 Å². The van der Waals surface area contributed by atoms with E-state index in [0.717, 1.165) is 11.3 Å². The molecule has 0 N–H and O–H groups in total. The molecule has 66 valence electrons. The van der Waals surface area contributed by atoms with Gasteiger partial charge in [-0.1, -0.05) is 0 Å². The van der Waals surface area contributed by atoms with E-state index in [1.807, 2.05) is 6.92 Å². The van der Waals surface area contributed by atoms with Gasteiger partial charge in [-0.05, 0) is 13.0 Å². The molecule has 3 heteroatoms. The third-order valence-corrected chi connectivity index (χ3v) is 2.59. The summed E-state index contributed by atoms with van der Waals surface area (Å²) in [5.41, 5.74) is 0.281. The largest absolute Gasteiger partial charge is 0.469 e. The fourth-order valence-electron chi connectivity index (χ4n) is 1.83. The van der Waals surface area contributed by atoms with Crippen LogP contribution >= 0.6 is 0 Å². The highest BCUT2D eigenvalue weighted by atomic mass is 16.3. The van der Waals surface area contributed by atoms with Crippen LogP contribution in [-0.4, -0.2) is 5.78 Å². The van der Waals surface area contributed by atoms with Gasteiger partial charge >= 0.3 is 0 Å². The van der Waals surface area contributed by atoms with Crippen molar-refractivity contribution in [1.82, 2.24) is 0 Å². The number of Topliss-reactive ketones (excluding diaryl/α,β-unsaturated/α-hetero) is 1. The van der Waals surface area contributed by atoms with Crippen molar-refractivity contribution in [1.29, 1.82) is 5.26 Å². The average molecular weight is 175 g/mol. The van der Waals surface area contributed by atoms with E-state index in [-0.39, 0.29) is 5.78 Å². The Balaban J connectivity index is 2.41. The predicted octanol–water partition coefficient (Wildman–Crippen LogP) is 1.71. The van der Waals surface area contributed by atoms with Crippen molar-refractivity contribution in [3.05, 3.63) is 23.7 Å². The highest BCUT2D eigenvalue weighted by Crippen LogP contribution is 2.42. The number of carbonyl (C=O) groups is 1. The molecule has 0 bridgehead atoms. The maximum absolute atomic E-state index is 10.9. The molecule has 3 nitrogen and oxygen atoms in total. The van der Waals surface area contributed by atoms with Gasteiger partial charge in [-0.2, -0.15) is 5.26 Å². The quantitative estimate of drug-likeness (QED) is 0.652. The van der Waals surface area contributed by atoms with E-state index in [1.54, 1.807) is 12.3 Å². The van der Waals surface area contributed by atoms with Gasteiger partial charge < -0.3 is 4.42 Å². The zero-order valence-corrected chi connectivity index (χ0v) is 7.33. The lowest BCUT2D eigenvalue weighted by molar-refractivity contribution is -0.126. The maximum atomic E-state index is 10.9. The summed E-state index contributed by atoms with van der Waals surface area (Å²) in [4.78, 5) is 10.9. The predicted molar refractivity (Wildman–Crippen MR) is 45.0 cm³/mol. The zero-order chi connectivity index (χ0) is 9.47. The van der Waals surface area contributed by atoms with Crippen LogP contribution in [0.1, 0.15) is 24.2 Å². The molecule has 13 heavy (non-hydrogen) atoms. The summed E-state index contributed by atoms with van der Waals surface area (Å²) < 4.78 is 5.12. The van der Waals surface area contributed by atoms with E-state index >= 15 is 0 Å². The molecule has 1 heterocycles. The molecule has 0 atom stereocenters. The Morgan fingerprint density at radius 1 is 1.62 bits per heavy atom. The van der Waals surface area contributed by atoms with Gasteiger partial charge in [0, 0.05) is 18.4 Å². The Morgan fingerprint density at radius 2 is 2.31 bits per heavy atom. The van der Waals surface area contributed by atoms with Crippen LogP contribution in [0.4, 0.5) is 0 Å². The minimum absolute atomic E-state index is 0.155. The first-order chi connectivity index (χ1) is 6.18. The lowest BCUT2D eigenvalue weighted by atomic mass is 9.65. The molecule has 0 aromatic carbocycles. The number of carbonyl (C=O) groups excluding carboxylic acids is 1. The summed E-state index contributed by atoms with van der Waals surface area (Å²) in [5, 5.41) is 9.01.